The van der Waals surface area contributed by atoms with Gasteiger partial charge < -0.3 is 19.7 Å². The van der Waals surface area contributed by atoms with Crippen LogP contribution >= 0.6 is 0 Å². The number of unbranched alkanes of at least 4 members (excludes halogenated alkanes) is 1. The van der Waals surface area contributed by atoms with Gasteiger partial charge in [0, 0.05) is 19.2 Å². The van der Waals surface area contributed by atoms with Gasteiger partial charge in [-0.05, 0) is 37.5 Å². The Hall–Kier alpha value is -3.27. The monoisotopic (exact) mass is 519 g/mol. The number of amides is 2. The van der Waals surface area contributed by atoms with Gasteiger partial charge >= 0.3 is 0 Å². The number of rotatable bonds is 14. The van der Waals surface area contributed by atoms with Crippen molar-refractivity contribution >= 4 is 27.5 Å². The summed E-state index contributed by atoms with van der Waals surface area (Å²) >= 11 is 0. The maximum absolute atomic E-state index is 13.5. The Labute approximate surface area is 214 Å². The lowest BCUT2D eigenvalue weighted by molar-refractivity contribution is -0.138. The summed E-state index contributed by atoms with van der Waals surface area (Å²) in [4.78, 5) is 27.8. The first kappa shape index (κ1) is 29.0. The Morgan fingerprint density at radius 3 is 2.28 bits per heavy atom. The van der Waals surface area contributed by atoms with Crippen molar-refractivity contribution in [3.8, 4) is 11.5 Å². The molecule has 2 aromatic carbocycles. The third-order valence-corrected chi connectivity index (χ3v) is 6.96. The molecule has 10 heteroatoms. The first-order valence-corrected chi connectivity index (χ1v) is 13.8. The van der Waals surface area contributed by atoms with E-state index in [0.29, 0.717) is 24.5 Å². The van der Waals surface area contributed by atoms with Crippen LogP contribution in [0.4, 0.5) is 5.69 Å². The van der Waals surface area contributed by atoms with Gasteiger partial charge in [0.2, 0.25) is 21.8 Å². The van der Waals surface area contributed by atoms with Crippen molar-refractivity contribution < 1.29 is 27.5 Å². The molecule has 9 nitrogen and oxygen atoms in total. The smallest absolute Gasteiger partial charge is 0.244 e. The highest BCUT2D eigenvalue weighted by Crippen LogP contribution is 2.32. The van der Waals surface area contributed by atoms with Gasteiger partial charge in [0.05, 0.1) is 26.2 Å². The third kappa shape index (κ3) is 8.15. The average Bonchev–Trinajstić information content (AvgIpc) is 2.86. The molecule has 0 radical (unpaired) electrons. The van der Waals surface area contributed by atoms with Crippen molar-refractivity contribution in [2.75, 3.05) is 44.4 Å². The minimum atomic E-state index is -3.83. The van der Waals surface area contributed by atoms with Crippen molar-refractivity contribution in [3.05, 3.63) is 54.1 Å². The number of anilines is 1. The Morgan fingerprint density at radius 2 is 1.69 bits per heavy atom. The Morgan fingerprint density at radius 1 is 1.03 bits per heavy atom. The highest BCUT2D eigenvalue weighted by atomic mass is 32.2. The van der Waals surface area contributed by atoms with Gasteiger partial charge in [0.15, 0.2) is 11.5 Å². The fraction of sp³-hybridized carbons (Fsp3) is 0.462. The van der Waals surface area contributed by atoms with Crippen molar-refractivity contribution in [1.82, 2.24) is 10.2 Å². The number of carbonyl (C=O) groups excluding carboxylic acids is 2. The molecule has 2 aromatic rings. The van der Waals surface area contributed by atoms with Crippen LogP contribution in [0.3, 0.4) is 0 Å². The summed E-state index contributed by atoms with van der Waals surface area (Å²) in [6.45, 7) is 4.00. The van der Waals surface area contributed by atoms with Gasteiger partial charge in [-0.2, -0.15) is 0 Å². The van der Waals surface area contributed by atoms with Crippen LogP contribution in [0.25, 0.3) is 0 Å². The fourth-order valence-corrected chi connectivity index (χ4v) is 4.54. The van der Waals surface area contributed by atoms with Gasteiger partial charge in [0.25, 0.3) is 0 Å². The van der Waals surface area contributed by atoms with E-state index in [1.165, 1.54) is 25.2 Å². The van der Waals surface area contributed by atoms with Crippen LogP contribution in [0.2, 0.25) is 0 Å². The van der Waals surface area contributed by atoms with Crippen molar-refractivity contribution in [2.45, 2.75) is 39.2 Å². The highest BCUT2D eigenvalue weighted by Gasteiger charge is 2.30. The largest absolute Gasteiger partial charge is 0.493 e. The predicted molar refractivity (Wildman–Crippen MR) is 141 cm³/mol. The van der Waals surface area contributed by atoms with E-state index < -0.39 is 28.5 Å². The number of carbonyl (C=O) groups is 2. The van der Waals surface area contributed by atoms with Crippen molar-refractivity contribution in [2.24, 2.45) is 0 Å². The van der Waals surface area contributed by atoms with Gasteiger partial charge in [0.1, 0.15) is 12.6 Å². The summed E-state index contributed by atoms with van der Waals surface area (Å²) < 4.78 is 37.0. The molecule has 2 rings (SSSR count). The number of hydrogen-bond acceptors (Lipinski definition) is 6. The molecule has 0 heterocycles. The van der Waals surface area contributed by atoms with E-state index in [9.17, 15) is 18.0 Å². The second-order valence-corrected chi connectivity index (χ2v) is 10.4. The molecule has 198 valence electrons. The summed E-state index contributed by atoms with van der Waals surface area (Å²) in [5, 5.41) is 2.86. The zero-order chi connectivity index (χ0) is 26.7. The van der Waals surface area contributed by atoms with Crippen LogP contribution in [-0.4, -0.2) is 71.3 Å². The molecule has 0 aliphatic heterocycles. The standard InChI is InChI=1S/C26H37N3O6S/c1-6-7-16-27-26(31)20(2)28(17-15-21-11-9-8-10-12-21)25(30)19-29(36(5,32)33)22-13-14-23(34-3)24(18-22)35-4/h8-14,18,20H,6-7,15-17,19H2,1-5H3,(H,27,31). The lowest BCUT2D eigenvalue weighted by Crippen LogP contribution is -2.52. The maximum atomic E-state index is 13.5. The number of benzene rings is 2. The van der Waals surface area contributed by atoms with Crippen LogP contribution in [0.5, 0.6) is 11.5 Å². The van der Waals surface area contributed by atoms with E-state index >= 15 is 0 Å². The van der Waals surface area contributed by atoms with Crippen LogP contribution in [0, 0.1) is 0 Å². The quantitative estimate of drug-likeness (QED) is 0.385. The molecular formula is C26H37N3O6S. The number of sulfonamides is 1. The van der Waals surface area contributed by atoms with E-state index in [4.69, 9.17) is 9.47 Å². The molecular weight excluding hydrogens is 482 g/mol. The fourth-order valence-electron chi connectivity index (χ4n) is 3.70. The second-order valence-electron chi connectivity index (χ2n) is 8.45. The van der Waals surface area contributed by atoms with Crippen LogP contribution < -0.4 is 19.1 Å². The molecule has 0 aliphatic carbocycles. The van der Waals surface area contributed by atoms with Crippen LogP contribution in [0.1, 0.15) is 32.3 Å². The minimum absolute atomic E-state index is 0.256. The Balaban J connectivity index is 2.33. The molecule has 2 amide bonds. The number of hydrogen-bond donors (Lipinski definition) is 1. The summed E-state index contributed by atoms with van der Waals surface area (Å²) in [6.07, 6.45) is 3.32. The number of nitrogens with one attached hydrogen (secondary N) is 1. The molecule has 0 spiro atoms. The molecule has 0 aromatic heterocycles. The molecule has 1 unspecified atom stereocenters. The van der Waals surface area contributed by atoms with E-state index in [1.807, 2.05) is 37.3 Å². The predicted octanol–water partition coefficient (Wildman–Crippen LogP) is 2.85. The average molecular weight is 520 g/mol. The SMILES string of the molecule is CCCCNC(=O)C(C)N(CCc1ccccc1)C(=O)CN(c1ccc(OC)c(OC)c1)S(C)(=O)=O. The Kier molecular flexibility index (Phi) is 11.0. The van der Waals surface area contributed by atoms with E-state index in [2.05, 4.69) is 5.32 Å². The van der Waals surface area contributed by atoms with Crippen molar-refractivity contribution in [1.29, 1.82) is 0 Å². The van der Waals surface area contributed by atoms with E-state index in [1.54, 1.807) is 19.1 Å². The zero-order valence-electron chi connectivity index (χ0n) is 21.7. The third-order valence-electron chi connectivity index (χ3n) is 5.82. The van der Waals surface area contributed by atoms with Gasteiger partial charge in [-0.25, -0.2) is 8.42 Å². The molecule has 0 bridgehead atoms. The first-order valence-electron chi connectivity index (χ1n) is 11.9. The van der Waals surface area contributed by atoms with E-state index in [-0.39, 0.29) is 18.1 Å². The lowest BCUT2D eigenvalue weighted by atomic mass is 10.1. The van der Waals surface area contributed by atoms with Crippen LogP contribution in [0.15, 0.2) is 48.5 Å². The molecule has 0 aliphatic rings. The summed E-state index contributed by atoms with van der Waals surface area (Å²) in [5.41, 5.74) is 1.26. The summed E-state index contributed by atoms with van der Waals surface area (Å²) in [7, 11) is -0.908. The van der Waals surface area contributed by atoms with E-state index in [0.717, 1.165) is 29.0 Å². The van der Waals surface area contributed by atoms with Gasteiger partial charge in [-0.15, -0.1) is 0 Å². The molecule has 36 heavy (non-hydrogen) atoms. The maximum Gasteiger partial charge on any atom is 0.244 e. The number of ether oxygens (including phenoxy) is 2. The summed E-state index contributed by atoms with van der Waals surface area (Å²) in [5.74, 6) is 0.00903. The van der Waals surface area contributed by atoms with Crippen molar-refractivity contribution in [3.63, 3.8) is 0 Å². The molecule has 0 saturated carbocycles. The molecule has 0 fully saturated rings. The normalized spacial score (nSPS) is 11.9. The molecule has 0 saturated heterocycles. The first-order chi connectivity index (χ1) is 17.1. The number of methoxy groups -OCH3 is 2. The molecule has 1 atom stereocenters. The lowest BCUT2D eigenvalue weighted by Gasteiger charge is -2.31. The second kappa shape index (κ2) is 13.7. The number of nitrogens with zero attached hydrogens (tertiary/aromatic N) is 2. The minimum Gasteiger partial charge on any atom is -0.493 e. The van der Waals surface area contributed by atoms with Gasteiger partial charge in [-0.3, -0.25) is 13.9 Å². The zero-order valence-corrected chi connectivity index (χ0v) is 22.5. The summed E-state index contributed by atoms with van der Waals surface area (Å²) in [6, 6.07) is 13.5. The topological polar surface area (TPSA) is 105 Å². The van der Waals surface area contributed by atoms with Gasteiger partial charge in [-0.1, -0.05) is 43.7 Å². The molecule has 1 N–H and O–H groups in total. The highest BCUT2D eigenvalue weighted by molar-refractivity contribution is 7.92. The Bertz CT molecular complexity index is 1110. The van der Waals surface area contributed by atoms with Crippen LogP contribution in [-0.2, 0) is 26.0 Å².